The zero-order valence-electron chi connectivity index (χ0n) is 6.66. The van der Waals surface area contributed by atoms with Gasteiger partial charge in [-0.05, 0) is 25.3 Å². The minimum Gasteiger partial charge on any atom is -0.297 e. The Morgan fingerprint density at radius 1 is 1.50 bits per heavy atom. The van der Waals surface area contributed by atoms with Crippen LogP contribution in [0.25, 0.3) is 0 Å². The summed E-state index contributed by atoms with van der Waals surface area (Å²) < 4.78 is 0. The van der Waals surface area contributed by atoms with Gasteiger partial charge in [0.05, 0.1) is 0 Å². The molecule has 0 spiro atoms. The van der Waals surface area contributed by atoms with Gasteiger partial charge in [-0.15, -0.1) is 11.8 Å². The molecule has 0 aliphatic carbocycles. The van der Waals surface area contributed by atoms with E-state index in [4.69, 9.17) is 0 Å². The van der Waals surface area contributed by atoms with Gasteiger partial charge in [0.25, 0.3) is 0 Å². The fourth-order valence-electron chi connectivity index (χ4n) is 0.506. The number of allylic oxidation sites excluding steroid dienone is 3. The molecule has 2 heteroatoms. The zero-order chi connectivity index (χ0) is 7.82. The first-order chi connectivity index (χ1) is 4.85. The summed E-state index contributed by atoms with van der Waals surface area (Å²) in [6.07, 6.45) is 9.89. The van der Waals surface area contributed by atoms with Gasteiger partial charge >= 0.3 is 0 Å². The van der Waals surface area contributed by atoms with E-state index in [1.807, 2.05) is 19.1 Å². The summed E-state index contributed by atoms with van der Waals surface area (Å²) in [6, 6.07) is 0. The first-order valence-electron chi connectivity index (χ1n) is 3.14. The molecular weight excluding hydrogens is 142 g/mol. The van der Waals surface area contributed by atoms with Crippen LogP contribution in [0.3, 0.4) is 0 Å². The highest BCUT2D eigenvalue weighted by atomic mass is 32.2. The number of aliphatic imine (C=N–C) groups is 1. The van der Waals surface area contributed by atoms with Crippen LogP contribution in [-0.2, 0) is 0 Å². The molecule has 0 heterocycles. The van der Waals surface area contributed by atoms with Crippen molar-refractivity contribution in [3.63, 3.8) is 0 Å². The van der Waals surface area contributed by atoms with Crippen LogP contribution in [0, 0.1) is 0 Å². The van der Waals surface area contributed by atoms with Crippen LogP contribution in [0.15, 0.2) is 28.1 Å². The van der Waals surface area contributed by atoms with Gasteiger partial charge in [0.2, 0.25) is 0 Å². The molecule has 0 N–H and O–H groups in total. The largest absolute Gasteiger partial charge is 0.297 e. The average Bonchev–Trinajstić information content (AvgIpc) is 1.99. The molecule has 0 radical (unpaired) electrons. The minimum atomic E-state index is 1.26. The Morgan fingerprint density at radius 2 is 2.20 bits per heavy atom. The maximum absolute atomic E-state index is 3.83. The first kappa shape index (κ1) is 9.50. The summed E-state index contributed by atoms with van der Waals surface area (Å²) in [5.74, 6) is 0. The van der Waals surface area contributed by atoms with E-state index in [1.165, 1.54) is 4.91 Å². The normalized spacial score (nSPS) is 13.7. The van der Waals surface area contributed by atoms with E-state index in [-0.39, 0.29) is 0 Å². The highest BCUT2D eigenvalue weighted by Gasteiger charge is 1.81. The molecule has 0 amide bonds. The Kier molecular flexibility index (Phi) is 6.29. The van der Waals surface area contributed by atoms with Crippen molar-refractivity contribution < 1.29 is 0 Å². The maximum atomic E-state index is 3.83. The summed E-state index contributed by atoms with van der Waals surface area (Å²) >= 11 is 1.73. The predicted molar refractivity (Wildman–Crippen MR) is 50.8 cm³/mol. The highest BCUT2D eigenvalue weighted by molar-refractivity contribution is 8.02. The Bertz CT molecular complexity index is 157. The molecule has 0 atom stereocenters. The summed E-state index contributed by atoms with van der Waals surface area (Å²) in [5.41, 5.74) is 0. The average molecular weight is 155 g/mol. The van der Waals surface area contributed by atoms with E-state index in [0.29, 0.717) is 0 Å². The van der Waals surface area contributed by atoms with E-state index in [9.17, 15) is 0 Å². The monoisotopic (exact) mass is 155 g/mol. The van der Waals surface area contributed by atoms with Crippen molar-refractivity contribution in [3.8, 4) is 0 Å². The molecule has 0 bridgehead atoms. The van der Waals surface area contributed by atoms with E-state index in [0.717, 1.165) is 0 Å². The van der Waals surface area contributed by atoms with Crippen molar-refractivity contribution >= 4 is 18.0 Å². The van der Waals surface area contributed by atoms with Gasteiger partial charge in [-0.1, -0.05) is 6.08 Å². The van der Waals surface area contributed by atoms with Gasteiger partial charge in [0, 0.05) is 18.2 Å². The molecular formula is C8H13NS. The molecule has 0 rings (SSSR count). The van der Waals surface area contributed by atoms with Crippen molar-refractivity contribution in [1.29, 1.82) is 0 Å². The topological polar surface area (TPSA) is 12.4 Å². The minimum absolute atomic E-state index is 1.26. The Labute approximate surface area is 66.9 Å². The van der Waals surface area contributed by atoms with E-state index in [2.05, 4.69) is 17.3 Å². The third-order valence-corrected chi connectivity index (χ3v) is 1.86. The molecule has 0 aromatic heterocycles. The number of hydrogen-bond donors (Lipinski definition) is 0. The van der Waals surface area contributed by atoms with Gasteiger partial charge in [0.15, 0.2) is 0 Å². The molecule has 0 aliphatic heterocycles. The lowest BCUT2D eigenvalue weighted by Gasteiger charge is -1.90. The molecule has 10 heavy (non-hydrogen) atoms. The third-order valence-electron chi connectivity index (χ3n) is 1.02. The van der Waals surface area contributed by atoms with Crippen molar-refractivity contribution in [2.45, 2.75) is 6.92 Å². The molecule has 0 unspecified atom stereocenters. The van der Waals surface area contributed by atoms with Gasteiger partial charge in [-0.2, -0.15) is 0 Å². The number of nitrogens with zero attached hydrogens (tertiary/aromatic N) is 1. The lowest BCUT2D eigenvalue weighted by molar-refractivity contribution is 1.48. The van der Waals surface area contributed by atoms with E-state index >= 15 is 0 Å². The van der Waals surface area contributed by atoms with Gasteiger partial charge in [-0.25, -0.2) is 0 Å². The third kappa shape index (κ3) is 4.39. The van der Waals surface area contributed by atoms with E-state index in [1.54, 1.807) is 25.0 Å². The van der Waals surface area contributed by atoms with Crippen LogP contribution in [0.5, 0.6) is 0 Å². The second kappa shape index (κ2) is 6.62. The summed E-state index contributed by atoms with van der Waals surface area (Å²) in [4.78, 5) is 5.09. The molecule has 0 aromatic carbocycles. The van der Waals surface area contributed by atoms with Gasteiger partial charge in [-0.3, -0.25) is 4.99 Å². The summed E-state index contributed by atoms with van der Waals surface area (Å²) in [7, 11) is 1.76. The Balaban J connectivity index is 3.85. The second-order valence-corrected chi connectivity index (χ2v) is 2.54. The standard InChI is InChI=1S/C8H13NS/c1-4-8(10-3)6-5-7-9-2/h4-7H,1-3H3/b6-5-,8-4+,9-7?. The smallest absolute Gasteiger partial charge is 0.0277 e. The van der Waals surface area contributed by atoms with Crippen molar-refractivity contribution in [2.24, 2.45) is 4.99 Å². The zero-order valence-corrected chi connectivity index (χ0v) is 7.48. The number of hydrogen-bond acceptors (Lipinski definition) is 2. The predicted octanol–water partition coefficient (Wildman–Crippen LogP) is 2.51. The Hall–Kier alpha value is -0.500. The first-order valence-corrected chi connectivity index (χ1v) is 4.36. The number of rotatable bonds is 3. The van der Waals surface area contributed by atoms with Crippen LogP contribution in [-0.4, -0.2) is 19.5 Å². The molecule has 0 aromatic rings. The van der Waals surface area contributed by atoms with Crippen molar-refractivity contribution in [3.05, 3.63) is 23.1 Å². The molecule has 56 valence electrons. The van der Waals surface area contributed by atoms with Crippen molar-refractivity contribution in [1.82, 2.24) is 0 Å². The van der Waals surface area contributed by atoms with Gasteiger partial charge in [0.1, 0.15) is 0 Å². The van der Waals surface area contributed by atoms with Crippen molar-refractivity contribution in [2.75, 3.05) is 13.3 Å². The van der Waals surface area contributed by atoms with Gasteiger partial charge < -0.3 is 0 Å². The quantitative estimate of drug-likeness (QED) is 0.450. The fraction of sp³-hybridized carbons (Fsp3) is 0.375. The van der Waals surface area contributed by atoms with E-state index < -0.39 is 0 Å². The van der Waals surface area contributed by atoms with Crippen LogP contribution >= 0.6 is 11.8 Å². The molecule has 0 saturated carbocycles. The lowest BCUT2D eigenvalue weighted by Crippen LogP contribution is -1.67. The summed E-state index contributed by atoms with van der Waals surface area (Å²) in [5, 5.41) is 0. The van der Waals surface area contributed by atoms with Crippen LogP contribution in [0.2, 0.25) is 0 Å². The Morgan fingerprint density at radius 3 is 2.60 bits per heavy atom. The molecule has 0 aliphatic rings. The maximum Gasteiger partial charge on any atom is 0.0277 e. The molecule has 0 saturated heterocycles. The number of thioether (sulfide) groups is 1. The SMILES string of the molecule is C/C=C(\C=C/C=NC)SC. The summed E-state index contributed by atoms with van der Waals surface area (Å²) in [6.45, 7) is 2.03. The fourth-order valence-corrected chi connectivity index (χ4v) is 0.956. The molecule has 1 nitrogen and oxygen atoms in total. The van der Waals surface area contributed by atoms with Crippen LogP contribution < -0.4 is 0 Å². The lowest BCUT2D eigenvalue weighted by atomic mass is 10.4. The second-order valence-electron chi connectivity index (χ2n) is 1.66. The highest BCUT2D eigenvalue weighted by Crippen LogP contribution is 2.11. The van der Waals surface area contributed by atoms with Crippen LogP contribution in [0.4, 0.5) is 0 Å². The van der Waals surface area contributed by atoms with Crippen LogP contribution in [0.1, 0.15) is 6.92 Å². The molecule has 0 fully saturated rings.